The van der Waals surface area contributed by atoms with Crippen molar-refractivity contribution in [1.82, 2.24) is 10.3 Å². The number of rotatable bonds is 9. The third-order valence-electron chi connectivity index (χ3n) is 4.21. The van der Waals surface area contributed by atoms with Crippen molar-refractivity contribution in [3.63, 3.8) is 0 Å². The summed E-state index contributed by atoms with van der Waals surface area (Å²) >= 11 is 3.50. The maximum Gasteiger partial charge on any atom is 0.241 e. The molecular weight excluding hydrogens is 398 g/mol. The van der Waals surface area contributed by atoms with Crippen LogP contribution in [0.3, 0.4) is 0 Å². The number of carbonyl (C=O) groups excluding carboxylic acids is 1. The van der Waals surface area contributed by atoms with Gasteiger partial charge in [0.05, 0.1) is 24.4 Å². The summed E-state index contributed by atoms with van der Waals surface area (Å²) in [5.74, 6) is 1.24. The monoisotopic (exact) mass is 425 g/mol. The van der Waals surface area contributed by atoms with Crippen molar-refractivity contribution in [3.05, 3.63) is 22.2 Å². The van der Waals surface area contributed by atoms with E-state index in [0.29, 0.717) is 24.5 Å². The highest BCUT2D eigenvalue weighted by Gasteiger charge is 2.12. The van der Waals surface area contributed by atoms with E-state index in [0.717, 1.165) is 36.1 Å². The van der Waals surface area contributed by atoms with Crippen LogP contribution >= 0.6 is 15.9 Å². The Morgan fingerprint density at radius 3 is 2.81 bits per heavy atom. The van der Waals surface area contributed by atoms with E-state index in [9.17, 15) is 4.79 Å². The fourth-order valence-corrected chi connectivity index (χ4v) is 3.41. The zero-order valence-corrected chi connectivity index (χ0v) is 17.2. The van der Waals surface area contributed by atoms with Crippen molar-refractivity contribution < 1.29 is 14.3 Å². The second kappa shape index (κ2) is 11.2. The van der Waals surface area contributed by atoms with Crippen molar-refractivity contribution in [2.75, 3.05) is 33.4 Å². The molecule has 0 aliphatic carbocycles. The zero-order valence-electron chi connectivity index (χ0n) is 15.6. The quantitative estimate of drug-likeness (QED) is 0.485. The minimum absolute atomic E-state index is 0.0687. The lowest BCUT2D eigenvalue weighted by Gasteiger charge is -2.25. The summed E-state index contributed by atoms with van der Waals surface area (Å²) in [7, 11) is 1.60. The lowest BCUT2D eigenvalue weighted by molar-refractivity contribution is -0.121. The second-order valence-electron chi connectivity index (χ2n) is 6.33. The van der Waals surface area contributed by atoms with Crippen LogP contribution in [0.1, 0.15) is 44.6 Å². The Kier molecular flexibility index (Phi) is 8.91. The number of hydrazone groups is 1. The van der Waals surface area contributed by atoms with Gasteiger partial charge in [0, 0.05) is 13.0 Å². The third kappa shape index (κ3) is 6.61. The molecule has 0 unspecified atom stereocenters. The Morgan fingerprint density at radius 1 is 1.35 bits per heavy atom. The smallest absolute Gasteiger partial charge is 0.241 e. The average Bonchev–Trinajstić information content (AvgIpc) is 2.66. The van der Waals surface area contributed by atoms with Gasteiger partial charge in [-0.25, -0.2) is 5.43 Å². The van der Waals surface area contributed by atoms with Crippen molar-refractivity contribution in [2.24, 2.45) is 5.10 Å². The number of piperidine rings is 1. The molecule has 0 radical (unpaired) electrons. The molecule has 0 spiro atoms. The van der Waals surface area contributed by atoms with Gasteiger partial charge in [-0.1, -0.05) is 13.3 Å². The van der Waals surface area contributed by atoms with Crippen molar-refractivity contribution in [1.29, 1.82) is 0 Å². The molecule has 6 nitrogen and oxygen atoms in total. The number of benzene rings is 1. The fourth-order valence-electron chi connectivity index (χ4n) is 2.84. The first-order chi connectivity index (χ1) is 12.6. The van der Waals surface area contributed by atoms with Crippen molar-refractivity contribution in [2.45, 2.75) is 39.0 Å². The highest BCUT2D eigenvalue weighted by Crippen LogP contribution is 2.36. The number of likely N-dealkylation sites (tertiary alicyclic amines) is 1. The fraction of sp³-hybridized carbons (Fsp3) is 0.579. The minimum atomic E-state index is -0.0687. The molecule has 1 N–H and O–H groups in total. The Labute approximate surface area is 164 Å². The van der Waals surface area contributed by atoms with E-state index in [1.165, 1.54) is 19.3 Å². The molecule has 1 amide bonds. The predicted molar refractivity (Wildman–Crippen MR) is 107 cm³/mol. The van der Waals surface area contributed by atoms with Gasteiger partial charge in [0.25, 0.3) is 0 Å². The topological polar surface area (TPSA) is 63.2 Å². The summed E-state index contributed by atoms with van der Waals surface area (Å²) in [4.78, 5) is 14.3. The van der Waals surface area contributed by atoms with Crippen LogP contribution in [0.5, 0.6) is 11.5 Å². The maximum absolute atomic E-state index is 11.9. The van der Waals surface area contributed by atoms with Gasteiger partial charge >= 0.3 is 0 Å². The number of amides is 1. The molecule has 26 heavy (non-hydrogen) atoms. The molecule has 1 saturated heterocycles. The predicted octanol–water partition coefficient (Wildman–Crippen LogP) is 3.57. The number of carbonyl (C=O) groups is 1. The molecular formula is C19H28BrN3O3. The van der Waals surface area contributed by atoms with Crippen LogP contribution in [0, 0.1) is 0 Å². The minimum Gasteiger partial charge on any atom is -0.493 e. The van der Waals surface area contributed by atoms with Gasteiger partial charge in [-0.3, -0.25) is 4.79 Å². The first-order valence-corrected chi connectivity index (χ1v) is 9.98. The number of ether oxygens (including phenoxy) is 2. The summed E-state index contributed by atoms with van der Waals surface area (Å²) < 4.78 is 11.9. The number of halogens is 1. The van der Waals surface area contributed by atoms with Crippen LogP contribution in [0.2, 0.25) is 0 Å². The lowest BCUT2D eigenvalue weighted by Crippen LogP contribution is -2.33. The number of nitrogens with one attached hydrogen (secondary N) is 1. The van der Waals surface area contributed by atoms with Crippen LogP contribution < -0.4 is 14.9 Å². The molecule has 0 aromatic heterocycles. The summed E-state index contributed by atoms with van der Waals surface area (Å²) in [5, 5.41) is 4.05. The van der Waals surface area contributed by atoms with E-state index in [-0.39, 0.29) is 5.91 Å². The average molecular weight is 426 g/mol. The first-order valence-electron chi connectivity index (χ1n) is 9.18. The Morgan fingerprint density at radius 2 is 2.12 bits per heavy atom. The zero-order chi connectivity index (χ0) is 18.8. The second-order valence-corrected chi connectivity index (χ2v) is 7.18. The van der Waals surface area contributed by atoms with Crippen molar-refractivity contribution >= 4 is 28.1 Å². The van der Waals surface area contributed by atoms with Crippen LogP contribution in [0.4, 0.5) is 0 Å². The first kappa shape index (κ1) is 20.7. The molecule has 144 valence electrons. The molecule has 0 bridgehead atoms. The third-order valence-corrected chi connectivity index (χ3v) is 4.80. The van der Waals surface area contributed by atoms with Gasteiger partial charge in [0.15, 0.2) is 11.5 Å². The summed E-state index contributed by atoms with van der Waals surface area (Å²) in [5.41, 5.74) is 3.41. The molecule has 7 heteroatoms. The molecule has 1 aromatic rings. The lowest BCUT2D eigenvalue weighted by atomic mass is 10.1. The molecule has 1 aliphatic heterocycles. The Hall–Kier alpha value is -1.60. The van der Waals surface area contributed by atoms with Gasteiger partial charge in [-0.05, 0) is 66.0 Å². The normalized spacial score (nSPS) is 15.2. The van der Waals surface area contributed by atoms with Crippen LogP contribution in [0.25, 0.3) is 0 Å². The number of hydrogen-bond acceptors (Lipinski definition) is 5. The molecule has 1 heterocycles. The Bertz CT molecular complexity index is 616. The Balaban J connectivity index is 1.86. The van der Waals surface area contributed by atoms with Crippen molar-refractivity contribution in [3.8, 4) is 11.5 Å². The van der Waals surface area contributed by atoms with E-state index in [1.807, 2.05) is 12.1 Å². The van der Waals surface area contributed by atoms with Gasteiger partial charge in [-0.2, -0.15) is 5.10 Å². The molecule has 1 fully saturated rings. The largest absolute Gasteiger partial charge is 0.493 e. The van der Waals surface area contributed by atoms with Crippen LogP contribution in [-0.2, 0) is 4.79 Å². The molecule has 1 aromatic carbocycles. The van der Waals surface area contributed by atoms with E-state index in [1.54, 1.807) is 13.3 Å². The van der Waals surface area contributed by atoms with Gasteiger partial charge in [0.2, 0.25) is 5.91 Å². The molecule has 0 saturated carbocycles. The highest BCUT2D eigenvalue weighted by molar-refractivity contribution is 9.10. The molecule has 2 rings (SSSR count). The van der Waals surface area contributed by atoms with Crippen LogP contribution in [0.15, 0.2) is 21.7 Å². The molecule has 0 atom stereocenters. The number of hydrogen-bond donors (Lipinski definition) is 1. The summed E-state index contributed by atoms with van der Waals surface area (Å²) in [6.45, 7) is 5.66. The number of nitrogens with zero attached hydrogens (tertiary/aromatic N) is 2. The van der Waals surface area contributed by atoms with E-state index in [2.05, 4.69) is 38.3 Å². The van der Waals surface area contributed by atoms with E-state index >= 15 is 0 Å². The molecule has 1 aliphatic rings. The standard InChI is InChI=1S/C19H28BrN3O3/c1-3-11-26-19-16(20)12-15(13-17(19)25-2)14-21-22-18(24)7-10-23-8-5-4-6-9-23/h12-14H,3-11H2,1-2H3,(H,22,24)/b21-14+. The summed E-state index contributed by atoms with van der Waals surface area (Å²) in [6.07, 6.45) is 6.75. The van der Waals surface area contributed by atoms with Crippen LogP contribution in [-0.4, -0.2) is 50.4 Å². The van der Waals surface area contributed by atoms with Gasteiger partial charge in [0.1, 0.15) is 0 Å². The van der Waals surface area contributed by atoms with Gasteiger partial charge < -0.3 is 14.4 Å². The highest BCUT2D eigenvalue weighted by atomic mass is 79.9. The maximum atomic E-state index is 11.9. The van der Waals surface area contributed by atoms with Gasteiger partial charge in [-0.15, -0.1) is 0 Å². The SMILES string of the molecule is CCCOc1c(Br)cc(/C=N/NC(=O)CCN2CCCCC2)cc1OC. The van der Waals surface area contributed by atoms with E-state index < -0.39 is 0 Å². The summed E-state index contributed by atoms with van der Waals surface area (Å²) in [6, 6.07) is 3.72. The van der Waals surface area contributed by atoms with E-state index in [4.69, 9.17) is 9.47 Å². The number of methoxy groups -OCH3 is 1.